The van der Waals surface area contributed by atoms with Gasteiger partial charge in [0.25, 0.3) is 5.56 Å². The molecule has 1 atom stereocenters. The van der Waals surface area contributed by atoms with Gasteiger partial charge in [0.15, 0.2) is 0 Å². The number of rotatable bonds is 3. The van der Waals surface area contributed by atoms with Crippen LogP contribution in [0.4, 0.5) is 5.69 Å². The van der Waals surface area contributed by atoms with E-state index >= 15 is 0 Å². The van der Waals surface area contributed by atoms with Crippen molar-refractivity contribution in [3.63, 3.8) is 0 Å². The highest BCUT2D eigenvalue weighted by atomic mass is 16.5. The Kier molecular flexibility index (Phi) is 3.64. The molecule has 0 radical (unpaired) electrons. The van der Waals surface area contributed by atoms with Crippen LogP contribution in [0.25, 0.3) is 0 Å². The zero-order chi connectivity index (χ0) is 14.8. The van der Waals surface area contributed by atoms with E-state index in [2.05, 4.69) is 17.3 Å². The summed E-state index contributed by atoms with van der Waals surface area (Å²) in [4.78, 5) is 12.5. The number of aromatic nitrogens is 2. The lowest BCUT2D eigenvalue weighted by molar-refractivity contribution is 0.414. The summed E-state index contributed by atoms with van der Waals surface area (Å²) in [5.41, 5.74) is 2.76. The summed E-state index contributed by atoms with van der Waals surface area (Å²) in [6.07, 6.45) is 2.57. The van der Waals surface area contributed by atoms with Crippen molar-refractivity contribution in [2.45, 2.75) is 19.9 Å². The molecule has 1 aromatic carbocycles. The average molecular weight is 285 g/mol. The molecule has 1 aliphatic heterocycles. The van der Waals surface area contributed by atoms with Crippen LogP contribution in [-0.4, -0.2) is 23.4 Å². The lowest BCUT2D eigenvalue weighted by Gasteiger charge is -2.22. The molecular formula is C16H19N3O2. The molecule has 0 aliphatic carbocycles. The molecular weight excluding hydrogens is 266 g/mol. The number of nitrogens with one attached hydrogen (secondary N) is 1. The van der Waals surface area contributed by atoms with E-state index in [9.17, 15) is 4.79 Å². The van der Waals surface area contributed by atoms with Gasteiger partial charge in [0, 0.05) is 12.1 Å². The zero-order valence-electron chi connectivity index (χ0n) is 12.3. The normalized spacial score (nSPS) is 17.0. The number of methoxy groups -OCH3 is 1. The second-order valence-corrected chi connectivity index (χ2v) is 5.54. The third-order valence-electron chi connectivity index (χ3n) is 3.83. The molecule has 1 aromatic heterocycles. The molecule has 3 rings (SSSR count). The molecule has 5 nitrogen and oxygen atoms in total. The second-order valence-electron chi connectivity index (χ2n) is 5.54. The molecule has 1 aliphatic rings. The second kappa shape index (κ2) is 5.60. The molecule has 2 aromatic rings. The first-order valence-corrected chi connectivity index (χ1v) is 7.13. The third-order valence-corrected chi connectivity index (χ3v) is 3.83. The largest absolute Gasteiger partial charge is 0.497 e. The average Bonchev–Trinajstić information content (AvgIpc) is 2.51. The summed E-state index contributed by atoms with van der Waals surface area (Å²) in [6.45, 7) is 3.52. The molecule has 0 amide bonds. The van der Waals surface area contributed by atoms with E-state index in [1.165, 1.54) is 4.68 Å². The van der Waals surface area contributed by atoms with Crippen LogP contribution < -0.4 is 15.6 Å². The summed E-state index contributed by atoms with van der Waals surface area (Å²) in [5.74, 6) is 1.28. The van der Waals surface area contributed by atoms with E-state index in [0.29, 0.717) is 12.5 Å². The highest BCUT2D eigenvalue weighted by molar-refractivity contribution is 5.50. The molecule has 0 bridgehead atoms. The van der Waals surface area contributed by atoms with Crippen LogP contribution >= 0.6 is 0 Å². The molecule has 5 heteroatoms. The van der Waals surface area contributed by atoms with Crippen LogP contribution in [0.2, 0.25) is 0 Å². The van der Waals surface area contributed by atoms with E-state index < -0.39 is 0 Å². The van der Waals surface area contributed by atoms with Crippen LogP contribution in [0.5, 0.6) is 5.75 Å². The lowest BCUT2D eigenvalue weighted by atomic mass is 9.97. The molecule has 2 heterocycles. The number of ether oxygens (including phenoxy) is 1. The van der Waals surface area contributed by atoms with Crippen molar-refractivity contribution in [3.8, 4) is 5.75 Å². The minimum Gasteiger partial charge on any atom is -0.497 e. The van der Waals surface area contributed by atoms with Crippen LogP contribution in [0.1, 0.15) is 18.1 Å². The monoisotopic (exact) mass is 285 g/mol. The fourth-order valence-electron chi connectivity index (χ4n) is 2.60. The predicted molar refractivity (Wildman–Crippen MR) is 82.0 cm³/mol. The minimum atomic E-state index is 0.00219. The van der Waals surface area contributed by atoms with E-state index in [0.717, 1.165) is 35.5 Å². The molecule has 1 N–H and O–H groups in total. The number of benzene rings is 1. The Morgan fingerprint density at radius 1 is 1.38 bits per heavy atom. The molecule has 1 unspecified atom stereocenters. The Balaban J connectivity index is 1.89. The molecule has 0 saturated carbocycles. The quantitative estimate of drug-likeness (QED) is 0.936. The molecule has 0 saturated heterocycles. The first kappa shape index (κ1) is 13.7. The number of hydrogen-bond acceptors (Lipinski definition) is 4. The van der Waals surface area contributed by atoms with Gasteiger partial charge in [-0.2, -0.15) is 5.10 Å². The topological polar surface area (TPSA) is 56.2 Å². The molecule has 0 fully saturated rings. The van der Waals surface area contributed by atoms with Gasteiger partial charge in [-0.3, -0.25) is 4.79 Å². The Hall–Kier alpha value is -2.30. The van der Waals surface area contributed by atoms with Crippen molar-refractivity contribution in [2.24, 2.45) is 5.92 Å². The van der Waals surface area contributed by atoms with Gasteiger partial charge in [0.2, 0.25) is 0 Å². The fourth-order valence-corrected chi connectivity index (χ4v) is 2.60. The summed E-state index contributed by atoms with van der Waals surface area (Å²) in [6, 6.07) is 7.69. The molecule has 110 valence electrons. The Bertz CT molecular complexity index is 692. The van der Waals surface area contributed by atoms with Crippen LogP contribution in [0.3, 0.4) is 0 Å². The minimum absolute atomic E-state index is 0.00219. The van der Waals surface area contributed by atoms with Crippen LogP contribution in [-0.2, 0) is 13.0 Å². The first-order chi connectivity index (χ1) is 10.2. The van der Waals surface area contributed by atoms with Crippen molar-refractivity contribution in [1.29, 1.82) is 0 Å². The number of nitrogens with zero attached hydrogens (tertiary/aromatic N) is 2. The van der Waals surface area contributed by atoms with E-state index in [1.807, 2.05) is 24.3 Å². The molecule has 21 heavy (non-hydrogen) atoms. The predicted octanol–water partition coefficient (Wildman–Crippen LogP) is 1.90. The Labute approximate surface area is 123 Å². The maximum absolute atomic E-state index is 12.5. The van der Waals surface area contributed by atoms with Crippen LogP contribution in [0.15, 0.2) is 35.3 Å². The van der Waals surface area contributed by atoms with Gasteiger partial charge in [-0.15, -0.1) is 0 Å². The van der Waals surface area contributed by atoms with Crippen LogP contribution in [0, 0.1) is 5.92 Å². The highest BCUT2D eigenvalue weighted by Crippen LogP contribution is 2.20. The Morgan fingerprint density at radius 3 is 2.86 bits per heavy atom. The number of fused-ring (bicyclic) bond motifs is 1. The summed E-state index contributed by atoms with van der Waals surface area (Å²) in [5, 5.41) is 7.53. The highest BCUT2D eigenvalue weighted by Gasteiger charge is 2.19. The smallest absolute Gasteiger partial charge is 0.272 e. The van der Waals surface area contributed by atoms with E-state index in [-0.39, 0.29) is 5.56 Å². The summed E-state index contributed by atoms with van der Waals surface area (Å²) < 4.78 is 6.67. The van der Waals surface area contributed by atoms with Gasteiger partial charge in [0.1, 0.15) is 5.75 Å². The zero-order valence-corrected chi connectivity index (χ0v) is 12.3. The fraction of sp³-hybridized carbons (Fsp3) is 0.375. The van der Waals surface area contributed by atoms with Crippen molar-refractivity contribution in [3.05, 3.63) is 51.9 Å². The first-order valence-electron chi connectivity index (χ1n) is 7.13. The maximum Gasteiger partial charge on any atom is 0.272 e. The van der Waals surface area contributed by atoms with Crippen molar-refractivity contribution < 1.29 is 4.74 Å². The van der Waals surface area contributed by atoms with Gasteiger partial charge in [-0.05, 0) is 30.0 Å². The van der Waals surface area contributed by atoms with E-state index in [4.69, 9.17) is 4.74 Å². The number of hydrogen-bond donors (Lipinski definition) is 1. The van der Waals surface area contributed by atoms with Gasteiger partial charge >= 0.3 is 0 Å². The summed E-state index contributed by atoms with van der Waals surface area (Å²) >= 11 is 0. The maximum atomic E-state index is 12.5. The molecule has 0 spiro atoms. The van der Waals surface area contributed by atoms with Crippen molar-refractivity contribution >= 4 is 5.69 Å². The SMILES string of the molecule is COc1ccc(Cn2ncc3c(c2=O)CC(C)CN3)cc1. The van der Waals surface area contributed by atoms with E-state index in [1.54, 1.807) is 13.3 Å². The van der Waals surface area contributed by atoms with Crippen molar-refractivity contribution in [2.75, 3.05) is 19.0 Å². The van der Waals surface area contributed by atoms with Gasteiger partial charge in [-0.25, -0.2) is 4.68 Å². The van der Waals surface area contributed by atoms with Gasteiger partial charge < -0.3 is 10.1 Å². The number of anilines is 1. The van der Waals surface area contributed by atoms with Gasteiger partial charge in [0.05, 0.1) is 25.5 Å². The summed E-state index contributed by atoms with van der Waals surface area (Å²) in [7, 11) is 1.64. The van der Waals surface area contributed by atoms with Gasteiger partial charge in [-0.1, -0.05) is 19.1 Å². The third kappa shape index (κ3) is 2.77. The lowest BCUT2D eigenvalue weighted by Crippen LogP contribution is -2.33. The standard InChI is InChI=1S/C16H19N3O2/c1-11-7-14-15(17-8-11)9-18-19(16(14)20)10-12-3-5-13(21-2)6-4-12/h3-6,9,11,17H,7-8,10H2,1-2H3. The van der Waals surface area contributed by atoms with Crippen molar-refractivity contribution in [1.82, 2.24) is 9.78 Å². The Morgan fingerprint density at radius 2 is 2.14 bits per heavy atom.